The fraction of sp³-hybridized carbons (Fsp3) is 0.147. The zero-order chi connectivity index (χ0) is 31.7. The van der Waals surface area contributed by atoms with E-state index in [2.05, 4.69) is 4.98 Å². The number of aromatic carboxylic acids is 1. The summed E-state index contributed by atoms with van der Waals surface area (Å²) in [5, 5.41) is 11.6. The van der Waals surface area contributed by atoms with Gasteiger partial charge in [-0.15, -0.1) is 0 Å². The standard InChI is InChI=1S/C34H27FN4O6.Na/c1-2-15-38-27-14-9-22(20-26(27)32(41)39(34(38)44)17-18-45-25-12-10-24(35)11-13-25)30(40)31-36-29(28-8-3-4-16-37(28)31)21-6-5-7-23(19-21)33(42)43;/h3-14,16,19-20H,2,15,17-18H2,1H3,(H,42,43);/q;+1/p-1. The molecule has 0 saturated carbocycles. The first-order valence-corrected chi connectivity index (χ1v) is 14.3. The third-order valence-electron chi connectivity index (χ3n) is 7.45. The summed E-state index contributed by atoms with van der Waals surface area (Å²) in [6, 6.07) is 21.4. The van der Waals surface area contributed by atoms with Crippen molar-refractivity contribution in [3.05, 3.63) is 135 Å². The molecule has 3 aromatic carbocycles. The molecule has 10 nitrogen and oxygen atoms in total. The summed E-state index contributed by atoms with van der Waals surface area (Å²) in [6.45, 7) is 2.18. The molecule has 3 heterocycles. The second-order valence-corrected chi connectivity index (χ2v) is 10.4. The number of pyridine rings is 1. The van der Waals surface area contributed by atoms with E-state index in [-0.39, 0.29) is 65.0 Å². The van der Waals surface area contributed by atoms with Crippen molar-refractivity contribution in [2.45, 2.75) is 26.4 Å². The number of nitrogens with zero attached hydrogens (tertiary/aromatic N) is 4. The predicted octanol–water partition coefficient (Wildman–Crippen LogP) is 0.704. The van der Waals surface area contributed by atoms with Crippen molar-refractivity contribution in [1.29, 1.82) is 0 Å². The van der Waals surface area contributed by atoms with E-state index in [1.165, 1.54) is 47.0 Å². The van der Waals surface area contributed by atoms with Crippen LogP contribution in [0.15, 0.2) is 101 Å². The van der Waals surface area contributed by atoms with Crippen LogP contribution in [0.1, 0.15) is 39.9 Å². The van der Waals surface area contributed by atoms with Crippen molar-refractivity contribution in [2.24, 2.45) is 0 Å². The molecule has 0 spiro atoms. The maximum Gasteiger partial charge on any atom is 1.00 e. The molecule has 0 aliphatic rings. The number of ether oxygens (including phenoxy) is 1. The number of rotatable bonds is 10. The molecule has 6 rings (SSSR count). The molecule has 0 unspecified atom stereocenters. The monoisotopic (exact) mass is 628 g/mol. The van der Waals surface area contributed by atoms with Crippen LogP contribution in [0.25, 0.3) is 27.7 Å². The van der Waals surface area contributed by atoms with E-state index in [0.29, 0.717) is 41.0 Å². The van der Waals surface area contributed by atoms with E-state index < -0.39 is 28.8 Å². The Morgan fingerprint density at radius 2 is 1.65 bits per heavy atom. The molecule has 6 aromatic rings. The van der Waals surface area contributed by atoms with Gasteiger partial charge in [-0.2, -0.15) is 0 Å². The average Bonchev–Trinajstić information content (AvgIpc) is 3.45. The molecular weight excluding hydrogens is 602 g/mol. The van der Waals surface area contributed by atoms with Gasteiger partial charge in [0.1, 0.15) is 18.2 Å². The van der Waals surface area contributed by atoms with Crippen LogP contribution in [0.2, 0.25) is 0 Å². The Morgan fingerprint density at radius 3 is 2.39 bits per heavy atom. The minimum absolute atomic E-state index is 0. The molecule has 0 amide bonds. The van der Waals surface area contributed by atoms with Gasteiger partial charge < -0.3 is 14.6 Å². The molecule has 0 aliphatic carbocycles. The second-order valence-electron chi connectivity index (χ2n) is 10.4. The number of hydrogen-bond donors (Lipinski definition) is 0. The van der Waals surface area contributed by atoms with E-state index in [9.17, 15) is 28.7 Å². The zero-order valence-corrected chi connectivity index (χ0v) is 27.1. The molecule has 0 fully saturated rings. The quantitative estimate of drug-likeness (QED) is 0.162. The average molecular weight is 629 g/mol. The van der Waals surface area contributed by atoms with Crippen LogP contribution in [-0.4, -0.2) is 36.9 Å². The van der Waals surface area contributed by atoms with Gasteiger partial charge in [-0.05, 0) is 72.6 Å². The van der Waals surface area contributed by atoms with Crippen LogP contribution in [0.3, 0.4) is 0 Å². The number of carbonyl (C=O) groups is 2. The maximum absolute atomic E-state index is 13.9. The van der Waals surface area contributed by atoms with Gasteiger partial charge in [-0.3, -0.25) is 23.1 Å². The molecule has 0 atom stereocenters. The Morgan fingerprint density at radius 1 is 0.870 bits per heavy atom. The van der Waals surface area contributed by atoms with Crippen molar-refractivity contribution >= 4 is 28.2 Å². The van der Waals surface area contributed by atoms with Crippen LogP contribution in [0, 0.1) is 5.82 Å². The van der Waals surface area contributed by atoms with Crippen molar-refractivity contribution in [3.63, 3.8) is 0 Å². The van der Waals surface area contributed by atoms with E-state index in [4.69, 9.17) is 4.74 Å². The van der Waals surface area contributed by atoms with Gasteiger partial charge in [0.2, 0.25) is 5.78 Å². The summed E-state index contributed by atoms with van der Waals surface area (Å²) in [6.07, 6.45) is 2.30. The zero-order valence-electron chi connectivity index (χ0n) is 25.1. The number of carbonyl (C=O) groups excluding carboxylic acids is 2. The molecule has 46 heavy (non-hydrogen) atoms. The van der Waals surface area contributed by atoms with Gasteiger partial charge in [-0.25, -0.2) is 14.2 Å². The number of aromatic nitrogens is 4. The topological polar surface area (TPSA) is 128 Å². The molecule has 12 heteroatoms. The number of benzene rings is 3. The van der Waals surface area contributed by atoms with Crippen LogP contribution >= 0.6 is 0 Å². The van der Waals surface area contributed by atoms with Crippen LogP contribution < -0.4 is 50.6 Å². The van der Waals surface area contributed by atoms with E-state index >= 15 is 0 Å². The number of ketones is 1. The summed E-state index contributed by atoms with van der Waals surface area (Å²) in [4.78, 5) is 57.0. The number of fused-ring (bicyclic) bond motifs is 2. The Hall–Kier alpha value is -4.84. The van der Waals surface area contributed by atoms with Crippen LogP contribution in [0.5, 0.6) is 5.75 Å². The van der Waals surface area contributed by atoms with Crippen molar-refractivity contribution in [1.82, 2.24) is 18.5 Å². The Labute approximate surface area is 283 Å². The van der Waals surface area contributed by atoms with Gasteiger partial charge >= 0.3 is 35.2 Å². The first-order chi connectivity index (χ1) is 21.8. The first kappa shape index (κ1) is 32.6. The number of imidazole rings is 1. The van der Waals surface area contributed by atoms with Gasteiger partial charge in [0.05, 0.1) is 34.6 Å². The largest absolute Gasteiger partial charge is 1.00 e. The first-order valence-electron chi connectivity index (χ1n) is 14.3. The second kappa shape index (κ2) is 13.7. The molecular formula is C34H26FN4NaO6. The minimum atomic E-state index is -1.33. The number of hydrogen-bond acceptors (Lipinski definition) is 7. The van der Waals surface area contributed by atoms with E-state index in [0.717, 1.165) is 4.57 Å². The third kappa shape index (κ3) is 6.17. The summed E-state index contributed by atoms with van der Waals surface area (Å²) >= 11 is 0. The molecule has 0 aliphatic heterocycles. The number of halogens is 1. The summed E-state index contributed by atoms with van der Waals surface area (Å²) in [5.74, 6) is -1.76. The van der Waals surface area contributed by atoms with Gasteiger partial charge in [0.25, 0.3) is 5.56 Å². The van der Waals surface area contributed by atoms with Crippen LogP contribution in [-0.2, 0) is 13.1 Å². The van der Waals surface area contributed by atoms with E-state index in [1.54, 1.807) is 53.1 Å². The Kier molecular flexibility index (Phi) is 9.66. The molecule has 0 bridgehead atoms. The SMILES string of the molecule is CCCn1c(=O)n(CCOc2ccc(F)cc2)c(=O)c2cc(C(=O)c3nc(-c4cccc(C(=O)[O-])c4)c4ccccn34)ccc21.[Na+]. The normalized spacial score (nSPS) is 11.0. The summed E-state index contributed by atoms with van der Waals surface area (Å²) in [5.41, 5.74) is 0.955. The Balaban J connectivity index is 0.00000417. The molecule has 0 N–H and O–H groups in total. The fourth-order valence-corrected chi connectivity index (χ4v) is 5.32. The molecule has 3 aromatic heterocycles. The Bertz CT molecular complexity index is 2220. The van der Waals surface area contributed by atoms with Crippen LogP contribution in [0.4, 0.5) is 4.39 Å². The van der Waals surface area contributed by atoms with Crippen molar-refractivity contribution < 1.29 is 53.4 Å². The van der Waals surface area contributed by atoms with Crippen molar-refractivity contribution in [3.8, 4) is 17.0 Å². The third-order valence-corrected chi connectivity index (χ3v) is 7.45. The molecule has 0 saturated heterocycles. The minimum Gasteiger partial charge on any atom is -0.545 e. The van der Waals surface area contributed by atoms with Crippen molar-refractivity contribution in [2.75, 3.05) is 6.61 Å². The van der Waals surface area contributed by atoms with Gasteiger partial charge in [0, 0.05) is 23.9 Å². The maximum atomic E-state index is 13.9. The fourth-order valence-electron chi connectivity index (χ4n) is 5.32. The number of carboxylic acids is 1. The molecule has 0 radical (unpaired) electrons. The van der Waals surface area contributed by atoms with Gasteiger partial charge in [0.15, 0.2) is 5.82 Å². The van der Waals surface area contributed by atoms with Gasteiger partial charge in [-0.1, -0.05) is 31.2 Å². The smallest absolute Gasteiger partial charge is 0.545 e. The summed E-state index contributed by atoms with van der Waals surface area (Å²) in [7, 11) is 0. The number of carboxylic acid groups (broad SMARTS) is 1. The predicted molar refractivity (Wildman–Crippen MR) is 163 cm³/mol. The molecule has 226 valence electrons. The summed E-state index contributed by atoms with van der Waals surface area (Å²) < 4.78 is 23.1. The number of aryl methyl sites for hydroxylation is 1. The van der Waals surface area contributed by atoms with E-state index in [1.807, 2.05) is 6.92 Å².